The van der Waals surface area contributed by atoms with E-state index in [2.05, 4.69) is 20.4 Å². The van der Waals surface area contributed by atoms with Gasteiger partial charge in [0.15, 0.2) is 0 Å². The average Bonchev–Trinajstić information content (AvgIpc) is 2.00. The van der Waals surface area contributed by atoms with Gasteiger partial charge in [-0.1, -0.05) is 27.4 Å². The summed E-state index contributed by atoms with van der Waals surface area (Å²) >= 11 is 0. The third kappa shape index (κ3) is 1.20. The summed E-state index contributed by atoms with van der Waals surface area (Å²) < 4.78 is 0. The van der Waals surface area contributed by atoms with Crippen LogP contribution in [-0.2, 0) is 0 Å². The van der Waals surface area contributed by atoms with Crippen molar-refractivity contribution in [1.82, 2.24) is 0 Å². The molecule has 0 aliphatic heterocycles. The molecule has 0 aromatic heterocycles. The predicted octanol–water partition coefficient (Wildman–Crippen LogP) is 2.89. The van der Waals surface area contributed by atoms with E-state index in [1.165, 1.54) is 6.42 Å². The van der Waals surface area contributed by atoms with Gasteiger partial charge in [0, 0.05) is 0 Å². The summed E-state index contributed by atoms with van der Waals surface area (Å²) in [6, 6.07) is 0. The number of aliphatic hydroxyl groups is 1. The first-order valence-electron chi connectivity index (χ1n) is 4.84. The van der Waals surface area contributed by atoms with Gasteiger partial charge in [-0.2, -0.15) is 0 Å². The van der Waals surface area contributed by atoms with Gasteiger partial charge in [0.2, 0.25) is 0 Å². The Hall–Kier alpha value is -0.300. The Morgan fingerprint density at radius 3 is 2.42 bits per heavy atom. The molecule has 1 unspecified atom stereocenters. The van der Waals surface area contributed by atoms with E-state index in [0.717, 1.165) is 24.8 Å². The molecule has 0 spiro atoms. The molecular weight excluding hydrogens is 148 g/mol. The molecule has 1 atom stereocenters. The fourth-order valence-electron chi connectivity index (χ4n) is 2.36. The van der Waals surface area contributed by atoms with Gasteiger partial charge < -0.3 is 5.11 Å². The topological polar surface area (TPSA) is 20.2 Å². The molecule has 0 bridgehead atoms. The Morgan fingerprint density at radius 1 is 1.50 bits per heavy atom. The zero-order valence-corrected chi connectivity index (χ0v) is 8.48. The maximum absolute atomic E-state index is 10.4. The van der Waals surface area contributed by atoms with Gasteiger partial charge in [-0.05, 0) is 36.7 Å². The van der Waals surface area contributed by atoms with Crippen molar-refractivity contribution in [2.24, 2.45) is 5.41 Å². The fraction of sp³-hybridized carbons (Fsp3) is 0.818. The SMILES string of the molecule is C=C1CCCC(C)(C)C1(O)CC. The summed E-state index contributed by atoms with van der Waals surface area (Å²) in [6.45, 7) is 10.3. The molecule has 1 aliphatic carbocycles. The van der Waals surface area contributed by atoms with Gasteiger partial charge in [0.25, 0.3) is 0 Å². The van der Waals surface area contributed by atoms with E-state index in [0.29, 0.717) is 0 Å². The average molecular weight is 168 g/mol. The van der Waals surface area contributed by atoms with E-state index in [1.54, 1.807) is 0 Å². The highest BCUT2D eigenvalue weighted by atomic mass is 16.3. The van der Waals surface area contributed by atoms with E-state index < -0.39 is 5.60 Å². The van der Waals surface area contributed by atoms with Crippen molar-refractivity contribution in [2.75, 3.05) is 0 Å². The second kappa shape index (κ2) is 2.88. The molecule has 1 heteroatoms. The second-order valence-electron chi connectivity index (χ2n) is 4.55. The normalized spacial score (nSPS) is 35.2. The van der Waals surface area contributed by atoms with Crippen LogP contribution in [0.15, 0.2) is 12.2 Å². The molecule has 0 saturated heterocycles. The number of hydrogen-bond donors (Lipinski definition) is 1. The second-order valence-corrected chi connectivity index (χ2v) is 4.55. The van der Waals surface area contributed by atoms with E-state index in [-0.39, 0.29) is 5.41 Å². The van der Waals surface area contributed by atoms with Gasteiger partial charge in [-0.15, -0.1) is 0 Å². The van der Waals surface area contributed by atoms with Crippen LogP contribution in [0.4, 0.5) is 0 Å². The minimum atomic E-state index is -0.620. The first-order valence-corrected chi connectivity index (χ1v) is 4.84. The van der Waals surface area contributed by atoms with E-state index >= 15 is 0 Å². The molecule has 1 saturated carbocycles. The van der Waals surface area contributed by atoms with Crippen LogP contribution in [0.25, 0.3) is 0 Å². The van der Waals surface area contributed by atoms with Crippen molar-refractivity contribution in [3.63, 3.8) is 0 Å². The molecule has 12 heavy (non-hydrogen) atoms. The van der Waals surface area contributed by atoms with Crippen LogP contribution in [0.2, 0.25) is 0 Å². The Bertz CT molecular complexity index is 193. The zero-order valence-electron chi connectivity index (χ0n) is 8.48. The largest absolute Gasteiger partial charge is 0.385 e. The van der Waals surface area contributed by atoms with Gasteiger partial charge in [0.1, 0.15) is 0 Å². The fourth-order valence-corrected chi connectivity index (χ4v) is 2.36. The molecule has 0 amide bonds. The minimum absolute atomic E-state index is 0.0110. The van der Waals surface area contributed by atoms with Crippen molar-refractivity contribution in [2.45, 2.75) is 52.1 Å². The third-order valence-corrected chi connectivity index (χ3v) is 3.50. The molecular formula is C11H20O. The van der Waals surface area contributed by atoms with Gasteiger partial charge >= 0.3 is 0 Å². The molecule has 1 nitrogen and oxygen atoms in total. The molecule has 0 aromatic carbocycles. The maximum atomic E-state index is 10.4. The molecule has 1 N–H and O–H groups in total. The molecule has 1 rings (SSSR count). The summed E-state index contributed by atoms with van der Waals surface area (Å²) in [7, 11) is 0. The monoisotopic (exact) mass is 168 g/mol. The molecule has 0 aromatic rings. The van der Waals surface area contributed by atoms with Crippen LogP contribution in [0, 0.1) is 5.41 Å². The smallest absolute Gasteiger partial charge is 0.0902 e. The first-order chi connectivity index (χ1) is 5.44. The van der Waals surface area contributed by atoms with Crippen molar-refractivity contribution in [1.29, 1.82) is 0 Å². The van der Waals surface area contributed by atoms with Gasteiger partial charge in [0.05, 0.1) is 5.60 Å². The van der Waals surface area contributed by atoms with E-state index in [9.17, 15) is 5.11 Å². The summed E-state index contributed by atoms with van der Waals surface area (Å²) in [5.41, 5.74) is 0.420. The lowest BCUT2D eigenvalue weighted by molar-refractivity contribution is -0.0579. The third-order valence-electron chi connectivity index (χ3n) is 3.50. The van der Waals surface area contributed by atoms with Crippen LogP contribution < -0.4 is 0 Å². The van der Waals surface area contributed by atoms with Crippen molar-refractivity contribution < 1.29 is 5.11 Å². The van der Waals surface area contributed by atoms with Crippen LogP contribution in [0.3, 0.4) is 0 Å². The highest BCUT2D eigenvalue weighted by molar-refractivity contribution is 5.20. The Kier molecular flexibility index (Phi) is 2.35. The lowest BCUT2D eigenvalue weighted by Crippen LogP contribution is -2.48. The molecule has 70 valence electrons. The Morgan fingerprint density at radius 2 is 2.08 bits per heavy atom. The maximum Gasteiger partial charge on any atom is 0.0902 e. The molecule has 0 radical (unpaired) electrons. The lowest BCUT2D eigenvalue weighted by Gasteiger charge is -2.47. The lowest BCUT2D eigenvalue weighted by atomic mass is 9.62. The van der Waals surface area contributed by atoms with Crippen molar-refractivity contribution >= 4 is 0 Å². The highest BCUT2D eigenvalue weighted by Crippen LogP contribution is 2.47. The van der Waals surface area contributed by atoms with E-state index in [1.807, 2.05) is 6.92 Å². The Labute approximate surface area is 75.5 Å². The van der Waals surface area contributed by atoms with Crippen LogP contribution in [0.1, 0.15) is 46.5 Å². The summed E-state index contributed by atoms with van der Waals surface area (Å²) in [5, 5.41) is 10.4. The van der Waals surface area contributed by atoms with Crippen molar-refractivity contribution in [3.8, 4) is 0 Å². The molecule has 1 fully saturated rings. The van der Waals surface area contributed by atoms with Gasteiger partial charge in [-0.3, -0.25) is 0 Å². The van der Waals surface area contributed by atoms with Crippen molar-refractivity contribution in [3.05, 3.63) is 12.2 Å². The molecule has 0 heterocycles. The summed E-state index contributed by atoms with van der Waals surface area (Å²) in [4.78, 5) is 0. The van der Waals surface area contributed by atoms with E-state index in [4.69, 9.17) is 0 Å². The quantitative estimate of drug-likeness (QED) is 0.597. The summed E-state index contributed by atoms with van der Waals surface area (Å²) in [5.74, 6) is 0. The standard InChI is InChI=1S/C11H20O/c1-5-11(12)9(2)7-6-8-10(11,3)4/h12H,2,5-8H2,1,3-4H3. The zero-order chi connectivity index (χ0) is 9.41. The van der Waals surface area contributed by atoms with Crippen LogP contribution >= 0.6 is 0 Å². The van der Waals surface area contributed by atoms with Crippen LogP contribution in [0.5, 0.6) is 0 Å². The number of hydrogen-bond acceptors (Lipinski definition) is 1. The first kappa shape index (κ1) is 9.79. The van der Waals surface area contributed by atoms with Crippen LogP contribution in [-0.4, -0.2) is 10.7 Å². The minimum Gasteiger partial charge on any atom is -0.385 e. The Balaban J connectivity index is 2.96. The molecule has 1 aliphatic rings. The van der Waals surface area contributed by atoms with Gasteiger partial charge in [-0.25, -0.2) is 0 Å². The number of rotatable bonds is 1. The highest BCUT2D eigenvalue weighted by Gasteiger charge is 2.45. The summed E-state index contributed by atoms with van der Waals surface area (Å²) in [6.07, 6.45) is 4.07. The predicted molar refractivity (Wildman–Crippen MR) is 52.0 cm³/mol.